The molecule has 1 rings (SSSR count). The van der Waals surface area contributed by atoms with Crippen LogP contribution in [-0.4, -0.2) is 45.0 Å². The van der Waals surface area contributed by atoms with E-state index in [2.05, 4.69) is 10.6 Å². The van der Waals surface area contributed by atoms with Gasteiger partial charge in [-0.3, -0.25) is 0 Å². The molecule has 1 saturated heterocycles. The molecule has 0 aromatic rings. The normalized spacial score (nSPS) is 20.8. The van der Waals surface area contributed by atoms with Gasteiger partial charge in [-0.25, -0.2) is 4.79 Å². The quantitative estimate of drug-likeness (QED) is 0.622. The number of carbonyl (C=O) groups excluding carboxylic acids is 1. The minimum Gasteiger partial charge on any atom is -0.380 e. The molecule has 0 aromatic carbocycles. The van der Waals surface area contributed by atoms with E-state index in [0.29, 0.717) is 26.4 Å². The first-order valence-electron chi connectivity index (χ1n) is 5.02. The van der Waals surface area contributed by atoms with Gasteiger partial charge in [0.1, 0.15) is 0 Å². The smallest absolute Gasteiger partial charge is 0.315 e. The molecule has 1 heterocycles. The minimum atomic E-state index is -0.139. The van der Waals surface area contributed by atoms with Crippen molar-refractivity contribution in [2.75, 3.05) is 33.0 Å². The molecule has 1 fully saturated rings. The molecular weight excluding hydrogens is 184 g/mol. The molecule has 5 nitrogen and oxygen atoms in total. The lowest BCUT2D eigenvalue weighted by atomic mass is 10.3. The average molecular weight is 202 g/mol. The van der Waals surface area contributed by atoms with Gasteiger partial charge in [-0.05, 0) is 13.3 Å². The summed E-state index contributed by atoms with van der Waals surface area (Å²) in [4.78, 5) is 11.2. The fraction of sp³-hybridized carbons (Fsp3) is 0.889. The van der Waals surface area contributed by atoms with Gasteiger partial charge >= 0.3 is 6.03 Å². The average Bonchev–Trinajstić information content (AvgIpc) is 2.65. The highest BCUT2D eigenvalue weighted by atomic mass is 16.5. The van der Waals surface area contributed by atoms with Crippen LogP contribution in [-0.2, 0) is 9.47 Å². The molecule has 0 spiro atoms. The Labute approximate surface area is 84.1 Å². The summed E-state index contributed by atoms with van der Waals surface area (Å²) in [5.41, 5.74) is 0. The van der Waals surface area contributed by atoms with Crippen molar-refractivity contribution in [3.8, 4) is 0 Å². The van der Waals surface area contributed by atoms with Gasteiger partial charge in [-0.2, -0.15) is 0 Å². The predicted molar refractivity (Wildman–Crippen MR) is 52.3 cm³/mol. The Morgan fingerprint density at radius 1 is 1.64 bits per heavy atom. The lowest BCUT2D eigenvalue weighted by molar-refractivity contribution is 0.149. The van der Waals surface area contributed by atoms with Gasteiger partial charge in [0, 0.05) is 19.8 Å². The summed E-state index contributed by atoms with van der Waals surface area (Å²) in [7, 11) is 0. The summed E-state index contributed by atoms with van der Waals surface area (Å²) in [6.07, 6.45) is 0.902. The van der Waals surface area contributed by atoms with Gasteiger partial charge in [0.2, 0.25) is 0 Å². The molecule has 14 heavy (non-hydrogen) atoms. The van der Waals surface area contributed by atoms with E-state index in [-0.39, 0.29) is 12.1 Å². The van der Waals surface area contributed by atoms with E-state index in [1.54, 1.807) is 0 Å². The van der Waals surface area contributed by atoms with E-state index in [4.69, 9.17) is 9.47 Å². The molecule has 1 aliphatic rings. The number of carbonyl (C=O) groups is 1. The number of rotatable bonds is 5. The fourth-order valence-electron chi connectivity index (χ4n) is 1.27. The zero-order chi connectivity index (χ0) is 10.2. The molecular formula is C9H18N2O3. The van der Waals surface area contributed by atoms with Crippen LogP contribution in [0.2, 0.25) is 0 Å². The van der Waals surface area contributed by atoms with Crippen LogP contribution in [0.15, 0.2) is 0 Å². The topological polar surface area (TPSA) is 59.6 Å². The van der Waals surface area contributed by atoms with Gasteiger partial charge in [-0.1, -0.05) is 0 Å². The Balaban J connectivity index is 1.98. The van der Waals surface area contributed by atoms with Crippen molar-refractivity contribution in [1.29, 1.82) is 0 Å². The highest BCUT2D eigenvalue weighted by Gasteiger charge is 2.16. The lowest BCUT2D eigenvalue weighted by Gasteiger charge is -2.11. The highest BCUT2D eigenvalue weighted by Crippen LogP contribution is 2.02. The number of nitrogens with one attached hydrogen (secondary N) is 2. The second kappa shape index (κ2) is 6.62. The van der Waals surface area contributed by atoms with Crippen molar-refractivity contribution in [2.45, 2.75) is 19.4 Å². The zero-order valence-corrected chi connectivity index (χ0v) is 8.54. The molecule has 82 valence electrons. The van der Waals surface area contributed by atoms with Crippen molar-refractivity contribution in [2.24, 2.45) is 0 Å². The summed E-state index contributed by atoms with van der Waals surface area (Å²) in [5.74, 6) is 0. The van der Waals surface area contributed by atoms with Gasteiger partial charge in [0.05, 0.1) is 19.3 Å². The van der Waals surface area contributed by atoms with Crippen LogP contribution in [0.3, 0.4) is 0 Å². The number of hydrogen-bond donors (Lipinski definition) is 2. The fourth-order valence-corrected chi connectivity index (χ4v) is 1.27. The van der Waals surface area contributed by atoms with Crippen LogP contribution in [0.5, 0.6) is 0 Å². The summed E-state index contributed by atoms with van der Waals surface area (Å²) in [6, 6.07) is 0.0299. The van der Waals surface area contributed by atoms with Crippen LogP contribution >= 0.6 is 0 Å². The third-order valence-corrected chi connectivity index (χ3v) is 2.00. The van der Waals surface area contributed by atoms with Crippen LogP contribution in [0.1, 0.15) is 13.3 Å². The maximum atomic E-state index is 11.2. The highest BCUT2D eigenvalue weighted by molar-refractivity contribution is 5.74. The van der Waals surface area contributed by atoms with Crippen molar-refractivity contribution in [1.82, 2.24) is 10.6 Å². The largest absolute Gasteiger partial charge is 0.380 e. The standard InChI is InChI=1S/C9H18N2O3/c1-2-13-6-4-10-9(12)11-8-3-5-14-7-8/h8H,2-7H2,1H3,(H2,10,11,12). The molecule has 0 aliphatic carbocycles. The third-order valence-electron chi connectivity index (χ3n) is 2.00. The Morgan fingerprint density at radius 3 is 3.14 bits per heavy atom. The van der Waals surface area contributed by atoms with E-state index in [1.807, 2.05) is 6.92 Å². The first-order valence-corrected chi connectivity index (χ1v) is 5.02. The summed E-state index contributed by atoms with van der Waals surface area (Å²) in [5, 5.41) is 5.54. The van der Waals surface area contributed by atoms with Crippen molar-refractivity contribution in [3.05, 3.63) is 0 Å². The monoisotopic (exact) mass is 202 g/mol. The van der Waals surface area contributed by atoms with Gasteiger partial charge in [0.25, 0.3) is 0 Å². The lowest BCUT2D eigenvalue weighted by Crippen LogP contribution is -2.43. The SMILES string of the molecule is CCOCCNC(=O)NC1CCOC1. The zero-order valence-electron chi connectivity index (χ0n) is 8.54. The maximum absolute atomic E-state index is 11.2. The minimum absolute atomic E-state index is 0.139. The summed E-state index contributed by atoms with van der Waals surface area (Å²) in [6.45, 7) is 5.08. The number of ether oxygens (including phenoxy) is 2. The van der Waals surface area contributed by atoms with E-state index < -0.39 is 0 Å². The predicted octanol–water partition coefficient (Wildman–Crippen LogP) is 0.111. The molecule has 1 unspecified atom stereocenters. The Bertz CT molecular complexity index is 169. The molecule has 2 amide bonds. The van der Waals surface area contributed by atoms with Gasteiger partial charge in [0.15, 0.2) is 0 Å². The van der Waals surface area contributed by atoms with Crippen LogP contribution < -0.4 is 10.6 Å². The molecule has 5 heteroatoms. The molecule has 1 atom stereocenters. The van der Waals surface area contributed by atoms with E-state index in [1.165, 1.54) is 0 Å². The Hall–Kier alpha value is -0.810. The van der Waals surface area contributed by atoms with Crippen LogP contribution in [0.4, 0.5) is 4.79 Å². The van der Waals surface area contributed by atoms with Gasteiger partial charge in [-0.15, -0.1) is 0 Å². The third kappa shape index (κ3) is 4.43. The number of amides is 2. The molecule has 0 saturated carbocycles. The number of urea groups is 1. The summed E-state index contributed by atoms with van der Waals surface area (Å²) >= 11 is 0. The van der Waals surface area contributed by atoms with E-state index in [0.717, 1.165) is 13.0 Å². The van der Waals surface area contributed by atoms with E-state index >= 15 is 0 Å². The van der Waals surface area contributed by atoms with Crippen LogP contribution in [0.25, 0.3) is 0 Å². The first kappa shape index (κ1) is 11.3. The molecule has 1 aliphatic heterocycles. The number of hydrogen-bond acceptors (Lipinski definition) is 3. The molecule has 0 radical (unpaired) electrons. The van der Waals surface area contributed by atoms with Gasteiger partial charge < -0.3 is 20.1 Å². The Kier molecular flexibility index (Phi) is 5.32. The van der Waals surface area contributed by atoms with E-state index in [9.17, 15) is 4.79 Å². The first-order chi connectivity index (χ1) is 6.83. The molecule has 2 N–H and O–H groups in total. The maximum Gasteiger partial charge on any atom is 0.315 e. The van der Waals surface area contributed by atoms with Crippen LogP contribution in [0, 0.1) is 0 Å². The summed E-state index contributed by atoms with van der Waals surface area (Å²) < 4.78 is 10.2. The molecule has 0 aromatic heterocycles. The van der Waals surface area contributed by atoms with Crippen molar-refractivity contribution in [3.63, 3.8) is 0 Å². The van der Waals surface area contributed by atoms with Crippen molar-refractivity contribution < 1.29 is 14.3 Å². The van der Waals surface area contributed by atoms with Crippen molar-refractivity contribution >= 4 is 6.03 Å². The second-order valence-electron chi connectivity index (χ2n) is 3.16. The molecule has 0 bridgehead atoms. The second-order valence-corrected chi connectivity index (χ2v) is 3.16. The Morgan fingerprint density at radius 2 is 2.50 bits per heavy atom.